The molecule has 0 radical (unpaired) electrons. The number of carbonyl (C=O) groups excluding carboxylic acids is 1. The molecule has 31 heavy (non-hydrogen) atoms. The van der Waals surface area contributed by atoms with Crippen LogP contribution in [0.15, 0.2) is 67.0 Å². The summed E-state index contributed by atoms with van der Waals surface area (Å²) >= 11 is 0. The average Bonchev–Trinajstić information content (AvgIpc) is 3.34. The van der Waals surface area contributed by atoms with E-state index in [-0.39, 0.29) is 5.91 Å². The van der Waals surface area contributed by atoms with Gasteiger partial charge in [0.25, 0.3) is 0 Å². The van der Waals surface area contributed by atoms with Gasteiger partial charge in [-0.2, -0.15) is 5.10 Å². The molecule has 5 rings (SSSR count). The second kappa shape index (κ2) is 7.87. The molecule has 0 N–H and O–H groups in total. The summed E-state index contributed by atoms with van der Waals surface area (Å²) in [6.07, 6.45) is 3.72. The van der Waals surface area contributed by atoms with Crippen LogP contribution in [0.25, 0.3) is 27.8 Å². The van der Waals surface area contributed by atoms with Gasteiger partial charge in [-0.1, -0.05) is 12.1 Å². The maximum atomic E-state index is 11.6. The standard InChI is InChI=1S/C25H25N5O/c1-18-15-25(20-5-3-6-22(16-20)30-10-4-9-26-30)27-24-8-7-21(17-23(18)24)29-13-11-28(12-14-29)19(2)31/h3-10,15-17H,11-14H2,1-2H3. The highest BCUT2D eigenvalue weighted by atomic mass is 16.2. The van der Waals surface area contributed by atoms with E-state index in [2.05, 4.69) is 53.3 Å². The van der Waals surface area contributed by atoms with Gasteiger partial charge in [0.05, 0.1) is 16.9 Å². The van der Waals surface area contributed by atoms with Gasteiger partial charge in [0.2, 0.25) is 5.91 Å². The quantitative estimate of drug-likeness (QED) is 0.510. The molecule has 1 fully saturated rings. The number of rotatable bonds is 3. The zero-order chi connectivity index (χ0) is 21.4. The van der Waals surface area contributed by atoms with Crippen molar-refractivity contribution in [3.8, 4) is 16.9 Å². The van der Waals surface area contributed by atoms with Crippen molar-refractivity contribution < 1.29 is 4.79 Å². The van der Waals surface area contributed by atoms with Gasteiger partial charge >= 0.3 is 0 Å². The van der Waals surface area contributed by atoms with Crippen molar-refractivity contribution in [2.75, 3.05) is 31.1 Å². The maximum Gasteiger partial charge on any atom is 0.219 e. The molecule has 1 aliphatic heterocycles. The fourth-order valence-electron chi connectivity index (χ4n) is 4.24. The molecule has 2 aromatic heterocycles. The molecule has 1 amide bonds. The third kappa shape index (κ3) is 3.77. The highest BCUT2D eigenvalue weighted by molar-refractivity contribution is 5.88. The van der Waals surface area contributed by atoms with Gasteiger partial charge < -0.3 is 9.80 Å². The Balaban J connectivity index is 1.45. The number of aromatic nitrogens is 3. The number of amides is 1. The summed E-state index contributed by atoms with van der Waals surface area (Å²) in [5.41, 5.74) is 6.43. The fraction of sp³-hybridized carbons (Fsp3) is 0.240. The lowest BCUT2D eigenvalue weighted by atomic mass is 10.0. The largest absolute Gasteiger partial charge is 0.368 e. The summed E-state index contributed by atoms with van der Waals surface area (Å²) in [7, 11) is 0. The van der Waals surface area contributed by atoms with E-state index in [4.69, 9.17) is 4.98 Å². The van der Waals surface area contributed by atoms with Crippen LogP contribution in [0.5, 0.6) is 0 Å². The lowest BCUT2D eigenvalue weighted by Crippen LogP contribution is -2.48. The van der Waals surface area contributed by atoms with Crippen molar-refractivity contribution in [2.45, 2.75) is 13.8 Å². The minimum absolute atomic E-state index is 0.155. The van der Waals surface area contributed by atoms with Gasteiger partial charge in [-0.25, -0.2) is 9.67 Å². The number of aryl methyl sites for hydroxylation is 1. The first kappa shape index (κ1) is 19.3. The van der Waals surface area contributed by atoms with Crippen LogP contribution in [0.1, 0.15) is 12.5 Å². The van der Waals surface area contributed by atoms with Gasteiger partial charge in [0, 0.05) is 62.1 Å². The first-order valence-corrected chi connectivity index (χ1v) is 10.6. The van der Waals surface area contributed by atoms with E-state index in [9.17, 15) is 4.79 Å². The number of hydrogen-bond acceptors (Lipinski definition) is 4. The summed E-state index contributed by atoms with van der Waals surface area (Å²) in [5, 5.41) is 5.49. The van der Waals surface area contributed by atoms with Crippen LogP contribution < -0.4 is 4.90 Å². The molecule has 4 aromatic rings. The molecule has 0 saturated carbocycles. The summed E-state index contributed by atoms with van der Waals surface area (Å²) in [6, 6.07) is 18.8. The lowest BCUT2D eigenvalue weighted by Gasteiger charge is -2.35. The first-order chi connectivity index (χ1) is 15.1. The molecule has 2 aromatic carbocycles. The molecular formula is C25H25N5O. The molecule has 6 nitrogen and oxygen atoms in total. The van der Waals surface area contributed by atoms with Crippen LogP contribution in [0.3, 0.4) is 0 Å². The van der Waals surface area contributed by atoms with Gasteiger partial charge in [0.15, 0.2) is 0 Å². The summed E-state index contributed by atoms with van der Waals surface area (Å²) in [6.45, 7) is 7.05. The van der Waals surface area contributed by atoms with Gasteiger partial charge in [-0.05, 0) is 55.0 Å². The number of hydrogen-bond donors (Lipinski definition) is 0. The number of anilines is 1. The van der Waals surface area contributed by atoms with Crippen LogP contribution in [0, 0.1) is 6.92 Å². The number of benzene rings is 2. The molecule has 0 bridgehead atoms. The van der Waals surface area contributed by atoms with Crippen molar-refractivity contribution in [3.05, 3.63) is 72.6 Å². The molecule has 0 spiro atoms. The lowest BCUT2D eigenvalue weighted by molar-refractivity contribution is -0.129. The van der Waals surface area contributed by atoms with Gasteiger partial charge in [-0.3, -0.25) is 4.79 Å². The highest BCUT2D eigenvalue weighted by Crippen LogP contribution is 2.29. The van der Waals surface area contributed by atoms with Crippen LogP contribution in [0.2, 0.25) is 0 Å². The minimum atomic E-state index is 0.155. The first-order valence-electron chi connectivity index (χ1n) is 10.6. The predicted octanol–water partition coefficient (Wildman–Crippen LogP) is 4.06. The van der Waals surface area contributed by atoms with Crippen LogP contribution in [-0.4, -0.2) is 51.8 Å². The minimum Gasteiger partial charge on any atom is -0.368 e. The summed E-state index contributed by atoms with van der Waals surface area (Å²) in [4.78, 5) is 20.8. The Morgan fingerprint density at radius 2 is 1.77 bits per heavy atom. The summed E-state index contributed by atoms with van der Waals surface area (Å²) in [5.74, 6) is 0.155. The number of pyridine rings is 1. The SMILES string of the molecule is CC(=O)N1CCN(c2ccc3nc(-c4cccc(-n5cccn5)c4)cc(C)c3c2)CC1. The molecular weight excluding hydrogens is 386 g/mol. The molecule has 6 heteroatoms. The predicted molar refractivity (Wildman–Crippen MR) is 124 cm³/mol. The molecule has 0 atom stereocenters. The highest BCUT2D eigenvalue weighted by Gasteiger charge is 2.19. The number of carbonyl (C=O) groups is 1. The van der Waals surface area contributed by atoms with Gasteiger partial charge in [0.1, 0.15) is 0 Å². The smallest absolute Gasteiger partial charge is 0.219 e. The third-order valence-corrected chi connectivity index (χ3v) is 6.00. The Hall–Kier alpha value is -3.67. The molecule has 0 unspecified atom stereocenters. The van der Waals surface area contributed by atoms with Crippen molar-refractivity contribution >= 4 is 22.5 Å². The Kier molecular flexibility index (Phi) is 4.90. The number of fused-ring (bicyclic) bond motifs is 1. The monoisotopic (exact) mass is 411 g/mol. The van der Waals surface area contributed by atoms with Crippen molar-refractivity contribution in [1.82, 2.24) is 19.7 Å². The van der Waals surface area contributed by atoms with E-state index < -0.39 is 0 Å². The van der Waals surface area contributed by atoms with Crippen LogP contribution in [-0.2, 0) is 4.79 Å². The van der Waals surface area contributed by atoms with E-state index in [0.29, 0.717) is 0 Å². The maximum absolute atomic E-state index is 11.6. The topological polar surface area (TPSA) is 54.3 Å². The molecule has 3 heterocycles. The Morgan fingerprint density at radius 1 is 0.935 bits per heavy atom. The Labute approximate surface area is 181 Å². The van der Waals surface area contributed by atoms with E-state index in [1.54, 1.807) is 13.1 Å². The van der Waals surface area contributed by atoms with E-state index in [1.807, 2.05) is 34.0 Å². The van der Waals surface area contributed by atoms with E-state index >= 15 is 0 Å². The van der Waals surface area contributed by atoms with Crippen LogP contribution in [0.4, 0.5) is 5.69 Å². The normalized spacial score (nSPS) is 14.3. The van der Waals surface area contributed by atoms with Gasteiger partial charge in [-0.15, -0.1) is 0 Å². The van der Waals surface area contributed by atoms with E-state index in [1.165, 1.54) is 16.6 Å². The molecule has 156 valence electrons. The second-order valence-electron chi connectivity index (χ2n) is 8.02. The molecule has 1 aliphatic rings. The third-order valence-electron chi connectivity index (χ3n) is 6.00. The second-order valence-corrected chi connectivity index (χ2v) is 8.02. The summed E-state index contributed by atoms with van der Waals surface area (Å²) < 4.78 is 1.86. The zero-order valence-corrected chi connectivity index (χ0v) is 17.8. The van der Waals surface area contributed by atoms with Crippen molar-refractivity contribution in [1.29, 1.82) is 0 Å². The zero-order valence-electron chi connectivity index (χ0n) is 17.8. The average molecular weight is 412 g/mol. The number of nitrogens with zero attached hydrogens (tertiary/aromatic N) is 5. The fourth-order valence-corrected chi connectivity index (χ4v) is 4.24. The Morgan fingerprint density at radius 3 is 2.52 bits per heavy atom. The van der Waals surface area contributed by atoms with Crippen LogP contribution >= 0.6 is 0 Å². The van der Waals surface area contributed by atoms with Crippen molar-refractivity contribution in [3.63, 3.8) is 0 Å². The molecule has 1 saturated heterocycles. The number of piperazine rings is 1. The molecule has 0 aliphatic carbocycles. The van der Waals surface area contributed by atoms with E-state index in [0.717, 1.165) is 48.6 Å². The Bertz CT molecular complexity index is 1240. The van der Waals surface area contributed by atoms with Crippen molar-refractivity contribution in [2.24, 2.45) is 0 Å².